The molecule has 130 valence electrons. The van der Waals surface area contributed by atoms with Gasteiger partial charge in [-0.1, -0.05) is 18.2 Å². The van der Waals surface area contributed by atoms with E-state index in [9.17, 15) is 0 Å². The summed E-state index contributed by atoms with van der Waals surface area (Å²) >= 11 is 0. The number of rotatable bonds is 7. The summed E-state index contributed by atoms with van der Waals surface area (Å²) in [5, 5.41) is 7.24. The topological polar surface area (TPSA) is 44.4 Å². The molecule has 1 aromatic carbocycles. The van der Waals surface area contributed by atoms with Gasteiger partial charge in [0.25, 0.3) is 0 Å². The maximum atomic E-state index is 6.00. The molecule has 5 heteroatoms. The van der Waals surface area contributed by atoms with Gasteiger partial charge in [-0.3, -0.25) is 10.00 Å². The fraction of sp³-hybridized carbons (Fsp3) is 0.526. The summed E-state index contributed by atoms with van der Waals surface area (Å²) in [6.07, 6.45) is 4.31. The second kappa shape index (κ2) is 8.31. The number of piperidine rings is 1. The number of aromatic amines is 1. The molecule has 0 unspecified atom stereocenters. The van der Waals surface area contributed by atoms with E-state index >= 15 is 0 Å². The van der Waals surface area contributed by atoms with Crippen LogP contribution in [0.15, 0.2) is 36.5 Å². The molecule has 1 fully saturated rings. The minimum Gasteiger partial charge on any atom is -0.492 e. The van der Waals surface area contributed by atoms with Crippen molar-refractivity contribution in [1.82, 2.24) is 20.0 Å². The lowest BCUT2D eigenvalue weighted by molar-refractivity contribution is 0.193. The van der Waals surface area contributed by atoms with Crippen LogP contribution in [-0.2, 0) is 6.54 Å². The van der Waals surface area contributed by atoms with E-state index < -0.39 is 0 Å². The van der Waals surface area contributed by atoms with Gasteiger partial charge in [-0.05, 0) is 45.6 Å². The molecule has 1 atom stereocenters. The van der Waals surface area contributed by atoms with E-state index in [1.54, 1.807) is 0 Å². The third-order valence-corrected chi connectivity index (χ3v) is 4.63. The van der Waals surface area contributed by atoms with Gasteiger partial charge in [0.15, 0.2) is 0 Å². The Labute approximate surface area is 144 Å². The number of para-hydroxylation sites is 1. The van der Waals surface area contributed by atoms with Crippen molar-refractivity contribution < 1.29 is 4.74 Å². The lowest BCUT2D eigenvalue weighted by atomic mass is 9.94. The van der Waals surface area contributed by atoms with E-state index in [2.05, 4.69) is 64.4 Å². The highest BCUT2D eigenvalue weighted by molar-refractivity contribution is 5.33. The number of nitrogens with one attached hydrogen (secondary N) is 1. The molecule has 0 spiro atoms. The predicted molar refractivity (Wildman–Crippen MR) is 96.3 cm³/mol. The molecular formula is C19H28N4O. The first-order chi connectivity index (χ1) is 11.7. The van der Waals surface area contributed by atoms with Crippen LogP contribution in [0.25, 0.3) is 0 Å². The number of benzene rings is 1. The molecule has 0 radical (unpaired) electrons. The molecule has 1 saturated heterocycles. The first kappa shape index (κ1) is 17.0. The van der Waals surface area contributed by atoms with E-state index in [-0.39, 0.29) is 0 Å². The second-order valence-corrected chi connectivity index (χ2v) is 6.85. The fourth-order valence-electron chi connectivity index (χ4n) is 3.30. The maximum absolute atomic E-state index is 6.00. The summed E-state index contributed by atoms with van der Waals surface area (Å²) in [6.45, 7) is 4.83. The number of likely N-dealkylation sites (tertiary alicyclic amines) is 1. The number of aromatic nitrogens is 2. The van der Waals surface area contributed by atoms with Crippen molar-refractivity contribution in [3.63, 3.8) is 0 Å². The smallest absolute Gasteiger partial charge is 0.123 e. The van der Waals surface area contributed by atoms with Crippen molar-refractivity contribution in [3.8, 4) is 5.75 Å². The largest absolute Gasteiger partial charge is 0.492 e. The van der Waals surface area contributed by atoms with Gasteiger partial charge in [-0.2, -0.15) is 5.10 Å². The summed E-state index contributed by atoms with van der Waals surface area (Å²) in [7, 11) is 4.14. The molecule has 0 saturated carbocycles. The maximum Gasteiger partial charge on any atom is 0.123 e. The van der Waals surface area contributed by atoms with Crippen LogP contribution in [0.5, 0.6) is 5.75 Å². The van der Waals surface area contributed by atoms with Crippen molar-refractivity contribution in [1.29, 1.82) is 0 Å². The minimum atomic E-state index is 0.558. The highest BCUT2D eigenvalue weighted by Crippen LogP contribution is 2.28. The highest BCUT2D eigenvalue weighted by Gasteiger charge is 2.22. The van der Waals surface area contributed by atoms with Crippen LogP contribution < -0.4 is 4.74 Å². The van der Waals surface area contributed by atoms with Gasteiger partial charge in [0, 0.05) is 43.0 Å². The normalized spacial score (nSPS) is 18.9. The summed E-state index contributed by atoms with van der Waals surface area (Å²) in [5.41, 5.74) is 2.54. The van der Waals surface area contributed by atoms with Gasteiger partial charge < -0.3 is 9.64 Å². The molecule has 2 heterocycles. The lowest BCUT2D eigenvalue weighted by Crippen LogP contribution is -2.34. The lowest BCUT2D eigenvalue weighted by Gasteiger charge is -2.32. The van der Waals surface area contributed by atoms with Crippen molar-refractivity contribution >= 4 is 0 Å². The van der Waals surface area contributed by atoms with Crippen LogP contribution in [0.2, 0.25) is 0 Å². The van der Waals surface area contributed by atoms with Crippen LogP contribution >= 0.6 is 0 Å². The average molecular weight is 328 g/mol. The Bertz CT molecular complexity index is 612. The Morgan fingerprint density at radius 2 is 2.17 bits per heavy atom. The summed E-state index contributed by atoms with van der Waals surface area (Å²) in [6, 6.07) is 10.5. The van der Waals surface area contributed by atoms with Crippen LogP contribution in [0.1, 0.15) is 30.0 Å². The Balaban J connectivity index is 1.60. The Morgan fingerprint density at radius 1 is 1.29 bits per heavy atom. The molecule has 5 nitrogen and oxygen atoms in total. The summed E-state index contributed by atoms with van der Waals surface area (Å²) in [4.78, 5) is 4.67. The number of ether oxygens (including phenoxy) is 1. The van der Waals surface area contributed by atoms with Gasteiger partial charge in [-0.15, -0.1) is 0 Å². The molecule has 1 aromatic heterocycles. The standard InChI is InChI=1S/C19H28N4O/c1-22(2)12-13-24-19-8-4-3-6-17(19)15-23-11-5-7-16(14-23)18-9-10-20-21-18/h3-4,6,8-10,16H,5,7,11-15H2,1-2H3,(H,20,21)/t16-/m1/s1. The van der Waals surface area contributed by atoms with Crippen LogP contribution in [0, 0.1) is 0 Å². The molecule has 3 rings (SSSR count). The van der Waals surface area contributed by atoms with E-state index in [0.29, 0.717) is 5.92 Å². The van der Waals surface area contributed by atoms with Gasteiger partial charge in [-0.25, -0.2) is 0 Å². The van der Waals surface area contributed by atoms with Crippen molar-refractivity contribution in [2.24, 2.45) is 0 Å². The second-order valence-electron chi connectivity index (χ2n) is 6.85. The van der Waals surface area contributed by atoms with Gasteiger partial charge in [0.05, 0.1) is 0 Å². The Morgan fingerprint density at radius 3 is 2.96 bits per heavy atom. The van der Waals surface area contributed by atoms with Crippen LogP contribution in [0.3, 0.4) is 0 Å². The first-order valence-corrected chi connectivity index (χ1v) is 8.79. The minimum absolute atomic E-state index is 0.558. The molecule has 0 amide bonds. The first-order valence-electron chi connectivity index (χ1n) is 8.79. The predicted octanol–water partition coefficient (Wildman–Crippen LogP) is 2.73. The quantitative estimate of drug-likeness (QED) is 0.849. The molecule has 1 aliphatic rings. The molecular weight excluding hydrogens is 300 g/mol. The third-order valence-electron chi connectivity index (χ3n) is 4.63. The average Bonchev–Trinajstić information content (AvgIpc) is 3.11. The summed E-state index contributed by atoms with van der Waals surface area (Å²) in [5.74, 6) is 1.58. The van der Waals surface area contributed by atoms with Crippen molar-refractivity contribution in [2.45, 2.75) is 25.3 Å². The number of H-pyrrole nitrogens is 1. The molecule has 1 N–H and O–H groups in total. The van der Waals surface area contributed by atoms with Crippen molar-refractivity contribution in [3.05, 3.63) is 47.8 Å². The Hall–Kier alpha value is -1.85. The highest BCUT2D eigenvalue weighted by atomic mass is 16.5. The zero-order valence-electron chi connectivity index (χ0n) is 14.7. The molecule has 0 bridgehead atoms. The Kier molecular flexibility index (Phi) is 5.88. The molecule has 24 heavy (non-hydrogen) atoms. The van der Waals surface area contributed by atoms with Crippen LogP contribution in [0.4, 0.5) is 0 Å². The van der Waals surface area contributed by atoms with E-state index in [1.165, 1.54) is 24.1 Å². The zero-order chi connectivity index (χ0) is 16.8. The van der Waals surface area contributed by atoms with E-state index in [4.69, 9.17) is 4.74 Å². The summed E-state index contributed by atoms with van der Waals surface area (Å²) < 4.78 is 6.00. The van der Waals surface area contributed by atoms with Crippen molar-refractivity contribution in [2.75, 3.05) is 40.3 Å². The third kappa shape index (κ3) is 4.58. The molecule has 2 aromatic rings. The fourth-order valence-corrected chi connectivity index (χ4v) is 3.30. The molecule has 1 aliphatic heterocycles. The SMILES string of the molecule is CN(C)CCOc1ccccc1CN1CCC[C@@H](c2ccn[nH]2)C1. The van der Waals surface area contributed by atoms with E-state index in [0.717, 1.165) is 38.5 Å². The zero-order valence-corrected chi connectivity index (χ0v) is 14.7. The number of likely N-dealkylation sites (N-methyl/N-ethyl adjacent to an activating group) is 1. The number of nitrogens with zero attached hydrogens (tertiary/aromatic N) is 3. The van der Waals surface area contributed by atoms with Crippen LogP contribution in [-0.4, -0.2) is 60.3 Å². The number of hydrogen-bond donors (Lipinski definition) is 1. The monoisotopic (exact) mass is 328 g/mol. The van der Waals surface area contributed by atoms with Gasteiger partial charge in [0.2, 0.25) is 0 Å². The molecule has 0 aliphatic carbocycles. The number of hydrogen-bond acceptors (Lipinski definition) is 4. The van der Waals surface area contributed by atoms with Gasteiger partial charge in [0.1, 0.15) is 12.4 Å². The van der Waals surface area contributed by atoms with E-state index in [1.807, 2.05) is 6.20 Å². The van der Waals surface area contributed by atoms with Gasteiger partial charge >= 0.3 is 0 Å².